The molecular formula is C19H23N3O4. The van der Waals surface area contributed by atoms with E-state index in [0.717, 1.165) is 29.0 Å². The Balaban J connectivity index is 1.92. The molecule has 0 unspecified atom stereocenters. The predicted octanol–water partition coefficient (Wildman–Crippen LogP) is 0.884. The highest BCUT2D eigenvalue weighted by Gasteiger charge is 2.42. The number of carbonyl (C=O) groups is 4. The zero-order valence-electron chi connectivity index (χ0n) is 15.1. The molecule has 0 aliphatic carbocycles. The van der Waals surface area contributed by atoms with Crippen molar-refractivity contribution >= 4 is 23.5 Å². The number of Topliss-reactive ketones (excluding diaryl/α,β-unsaturated/α-hetero) is 1. The SMILES string of the molecule is CCC(=O)CC[C@@H](C(N)=O)N1C(=O)c2cc3c(cc2C1=O)CN(C)CC3. The van der Waals surface area contributed by atoms with E-state index < -0.39 is 23.8 Å². The molecule has 7 nitrogen and oxygen atoms in total. The summed E-state index contributed by atoms with van der Waals surface area (Å²) in [7, 11) is 2.00. The molecular weight excluding hydrogens is 334 g/mol. The van der Waals surface area contributed by atoms with E-state index in [1.807, 2.05) is 7.05 Å². The molecule has 138 valence electrons. The third kappa shape index (κ3) is 3.14. The molecule has 26 heavy (non-hydrogen) atoms. The molecule has 1 aromatic carbocycles. The molecule has 3 rings (SSSR count). The second-order valence-electron chi connectivity index (χ2n) is 6.98. The lowest BCUT2D eigenvalue weighted by atomic mass is 9.94. The molecule has 1 atom stereocenters. The van der Waals surface area contributed by atoms with Crippen LogP contribution in [0.5, 0.6) is 0 Å². The largest absolute Gasteiger partial charge is 0.368 e. The van der Waals surface area contributed by atoms with Gasteiger partial charge in [0.15, 0.2) is 0 Å². The summed E-state index contributed by atoms with van der Waals surface area (Å²) in [6.07, 6.45) is 1.33. The maximum atomic E-state index is 12.8. The van der Waals surface area contributed by atoms with Gasteiger partial charge in [0.2, 0.25) is 5.91 Å². The Morgan fingerprint density at radius 3 is 2.35 bits per heavy atom. The third-order valence-corrected chi connectivity index (χ3v) is 5.17. The molecule has 2 aliphatic heterocycles. The average molecular weight is 357 g/mol. The molecule has 2 aliphatic rings. The highest BCUT2D eigenvalue weighted by Crippen LogP contribution is 2.31. The summed E-state index contributed by atoms with van der Waals surface area (Å²) in [5.74, 6) is -1.81. The maximum Gasteiger partial charge on any atom is 0.262 e. The minimum absolute atomic E-state index is 0.0358. The van der Waals surface area contributed by atoms with Crippen molar-refractivity contribution in [3.8, 4) is 0 Å². The van der Waals surface area contributed by atoms with Gasteiger partial charge in [0.05, 0.1) is 11.1 Å². The topological polar surface area (TPSA) is 101 Å². The molecule has 0 aromatic heterocycles. The second-order valence-corrected chi connectivity index (χ2v) is 6.98. The van der Waals surface area contributed by atoms with E-state index >= 15 is 0 Å². The van der Waals surface area contributed by atoms with Gasteiger partial charge in [0, 0.05) is 25.9 Å². The van der Waals surface area contributed by atoms with Crippen LogP contribution in [0.25, 0.3) is 0 Å². The van der Waals surface area contributed by atoms with Crippen LogP contribution in [-0.2, 0) is 22.6 Å². The minimum atomic E-state index is -1.10. The number of amides is 3. The van der Waals surface area contributed by atoms with Crippen LogP contribution in [0.2, 0.25) is 0 Å². The first-order chi connectivity index (χ1) is 12.3. The van der Waals surface area contributed by atoms with Crippen LogP contribution >= 0.6 is 0 Å². The Morgan fingerprint density at radius 2 is 1.77 bits per heavy atom. The fourth-order valence-corrected chi connectivity index (χ4v) is 3.61. The third-order valence-electron chi connectivity index (χ3n) is 5.17. The molecule has 7 heteroatoms. The Morgan fingerprint density at radius 1 is 1.15 bits per heavy atom. The summed E-state index contributed by atoms with van der Waals surface area (Å²) in [5.41, 5.74) is 8.17. The number of nitrogens with zero attached hydrogens (tertiary/aromatic N) is 2. The van der Waals surface area contributed by atoms with Gasteiger partial charge in [-0.05, 0) is 43.1 Å². The fourth-order valence-electron chi connectivity index (χ4n) is 3.61. The zero-order chi connectivity index (χ0) is 19.0. The van der Waals surface area contributed by atoms with Gasteiger partial charge in [-0.15, -0.1) is 0 Å². The van der Waals surface area contributed by atoms with E-state index in [1.165, 1.54) is 0 Å². The molecule has 0 saturated heterocycles. The van der Waals surface area contributed by atoms with E-state index in [1.54, 1.807) is 19.1 Å². The molecule has 2 N–H and O–H groups in total. The number of imide groups is 1. The molecule has 2 heterocycles. The normalized spacial score (nSPS) is 17.8. The summed E-state index contributed by atoms with van der Waals surface area (Å²) in [6, 6.07) is 2.43. The van der Waals surface area contributed by atoms with Crippen molar-refractivity contribution in [2.24, 2.45) is 5.73 Å². The summed E-state index contributed by atoms with van der Waals surface area (Å²) in [5, 5.41) is 0. The lowest BCUT2D eigenvalue weighted by Gasteiger charge is -2.25. The molecule has 0 fully saturated rings. The van der Waals surface area contributed by atoms with Gasteiger partial charge in [-0.3, -0.25) is 24.1 Å². The number of fused-ring (bicyclic) bond motifs is 2. The van der Waals surface area contributed by atoms with Gasteiger partial charge in [0.1, 0.15) is 11.8 Å². The van der Waals surface area contributed by atoms with Crippen LogP contribution in [0.4, 0.5) is 0 Å². The number of ketones is 1. The predicted molar refractivity (Wildman–Crippen MR) is 94.5 cm³/mol. The molecule has 0 bridgehead atoms. The average Bonchev–Trinajstić information content (AvgIpc) is 2.84. The van der Waals surface area contributed by atoms with Crippen molar-refractivity contribution in [3.63, 3.8) is 0 Å². The van der Waals surface area contributed by atoms with Crippen molar-refractivity contribution in [2.75, 3.05) is 13.6 Å². The van der Waals surface area contributed by atoms with Crippen molar-refractivity contribution in [2.45, 2.75) is 45.2 Å². The van der Waals surface area contributed by atoms with Gasteiger partial charge < -0.3 is 10.6 Å². The van der Waals surface area contributed by atoms with Gasteiger partial charge in [-0.25, -0.2) is 0 Å². The van der Waals surface area contributed by atoms with Gasteiger partial charge in [0.25, 0.3) is 11.8 Å². The second kappa shape index (κ2) is 6.99. The van der Waals surface area contributed by atoms with E-state index in [0.29, 0.717) is 24.1 Å². The summed E-state index contributed by atoms with van der Waals surface area (Å²) in [4.78, 5) is 52.2. The summed E-state index contributed by atoms with van der Waals surface area (Å²) >= 11 is 0. The molecule has 1 aromatic rings. The van der Waals surface area contributed by atoms with E-state index in [-0.39, 0.29) is 18.6 Å². The van der Waals surface area contributed by atoms with E-state index in [4.69, 9.17) is 5.73 Å². The van der Waals surface area contributed by atoms with Crippen molar-refractivity contribution < 1.29 is 19.2 Å². The van der Waals surface area contributed by atoms with Crippen LogP contribution in [0.1, 0.15) is 58.0 Å². The number of primary amides is 1. The lowest BCUT2D eigenvalue weighted by Crippen LogP contribution is -2.48. The zero-order valence-corrected chi connectivity index (χ0v) is 15.1. The Kier molecular flexibility index (Phi) is 4.91. The number of rotatable bonds is 6. The number of hydrogen-bond acceptors (Lipinski definition) is 5. The lowest BCUT2D eigenvalue weighted by molar-refractivity contribution is -0.123. The minimum Gasteiger partial charge on any atom is -0.368 e. The highest BCUT2D eigenvalue weighted by molar-refractivity contribution is 6.23. The van der Waals surface area contributed by atoms with E-state index in [9.17, 15) is 19.2 Å². The quantitative estimate of drug-likeness (QED) is 0.762. The first kappa shape index (κ1) is 18.3. The monoisotopic (exact) mass is 357 g/mol. The Labute approximate surface area is 152 Å². The van der Waals surface area contributed by atoms with Crippen LogP contribution in [0.15, 0.2) is 12.1 Å². The molecule has 3 amide bonds. The first-order valence-electron chi connectivity index (χ1n) is 8.86. The van der Waals surface area contributed by atoms with Crippen molar-refractivity contribution in [1.82, 2.24) is 9.80 Å². The van der Waals surface area contributed by atoms with Crippen molar-refractivity contribution in [3.05, 3.63) is 34.4 Å². The van der Waals surface area contributed by atoms with Gasteiger partial charge in [-0.2, -0.15) is 0 Å². The van der Waals surface area contributed by atoms with Gasteiger partial charge in [-0.1, -0.05) is 6.92 Å². The van der Waals surface area contributed by atoms with Crippen LogP contribution < -0.4 is 5.73 Å². The molecule has 0 spiro atoms. The molecule has 0 saturated carbocycles. The Bertz CT molecular complexity index is 802. The number of nitrogens with two attached hydrogens (primary N) is 1. The highest BCUT2D eigenvalue weighted by atomic mass is 16.2. The van der Waals surface area contributed by atoms with Crippen LogP contribution in [0, 0.1) is 0 Å². The number of benzene rings is 1. The number of carbonyl (C=O) groups excluding carboxylic acids is 4. The summed E-state index contributed by atoms with van der Waals surface area (Å²) < 4.78 is 0. The van der Waals surface area contributed by atoms with Crippen LogP contribution in [-0.4, -0.2) is 52.9 Å². The molecule has 0 radical (unpaired) electrons. The standard InChI is InChI=1S/C19H23N3O4/c1-3-13(23)4-5-16(17(20)24)22-18(25)14-8-11-6-7-21(2)10-12(11)9-15(14)19(22)26/h8-9,16H,3-7,10H2,1-2H3,(H2,20,24)/t16-/m0/s1. The van der Waals surface area contributed by atoms with Gasteiger partial charge >= 0.3 is 0 Å². The summed E-state index contributed by atoms with van der Waals surface area (Å²) in [6.45, 7) is 3.33. The smallest absolute Gasteiger partial charge is 0.262 e. The van der Waals surface area contributed by atoms with E-state index in [2.05, 4.69) is 4.90 Å². The maximum absolute atomic E-state index is 12.8. The van der Waals surface area contributed by atoms with Crippen molar-refractivity contribution in [1.29, 1.82) is 0 Å². The fraction of sp³-hybridized carbons (Fsp3) is 0.474. The Hall–Kier alpha value is -2.54. The van der Waals surface area contributed by atoms with Crippen LogP contribution in [0.3, 0.4) is 0 Å². The number of hydrogen-bond donors (Lipinski definition) is 1. The first-order valence-corrected chi connectivity index (χ1v) is 8.86. The number of likely N-dealkylation sites (N-methyl/N-ethyl adjacent to an activating group) is 1.